The fraction of sp³-hybridized carbons (Fsp3) is 0.722. The number of fused-ring (bicyclic) bond motifs is 1. The summed E-state index contributed by atoms with van der Waals surface area (Å²) in [6, 6.07) is 0. The minimum atomic E-state index is -0.230. The van der Waals surface area contributed by atoms with Crippen LogP contribution in [0.2, 0.25) is 0 Å². The zero-order chi connectivity index (χ0) is 17.8. The van der Waals surface area contributed by atoms with Crippen LogP contribution in [0, 0.1) is 5.92 Å². The number of aromatic nitrogens is 2. The number of hydrogen-bond acceptors (Lipinski definition) is 4. The fourth-order valence-electron chi connectivity index (χ4n) is 3.59. The zero-order valence-electron chi connectivity index (χ0n) is 15.2. The number of imidazole rings is 1. The molecular formula is C18H28N4O3. The summed E-state index contributed by atoms with van der Waals surface area (Å²) in [6.45, 7) is 5.42. The topological polar surface area (TPSA) is 76.5 Å². The van der Waals surface area contributed by atoms with Crippen LogP contribution in [0.25, 0.3) is 0 Å². The first-order valence-corrected chi connectivity index (χ1v) is 9.27. The van der Waals surface area contributed by atoms with Crippen molar-refractivity contribution in [2.24, 2.45) is 5.92 Å². The van der Waals surface area contributed by atoms with E-state index in [1.165, 1.54) is 0 Å². The smallest absolute Gasteiger partial charge is 0.287 e. The van der Waals surface area contributed by atoms with Crippen molar-refractivity contribution < 1.29 is 14.3 Å². The normalized spacial score (nSPS) is 18.1. The third-order valence-corrected chi connectivity index (χ3v) is 5.19. The molecule has 0 aliphatic carbocycles. The van der Waals surface area contributed by atoms with Gasteiger partial charge in [-0.2, -0.15) is 0 Å². The number of nitrogens with one attached hydrogen (secondary N) is 1. The Morgan fingerprint density at radius 2 is 2.00 bits per heavy atom. The number of nitrogens with zero attached hydrogens (tertiary/aromatic N) is 3. The maximum Gasteiger partial charge on any atom is 0.287 e. The first kappa shape index (κ1) is 17.9. The molecule has 0 atom stereocenters. The van der Waals surface area contributed by atoms with Gasteiger partial charge >= 0.3 is 0 Å². The van der Waals surface area contributed by atoms with Gasteiger partial charge in [0.2, 0.25) is 0 Å². The SMILES string of the molecule is COCCNC(=O)c1nc(C(=O)N2CCC(C)CC2)c2n1CCCC2. The van der Waals surface area contributed by atoms with Gasteiger partial charge in [-0.05, 0) is 38.0 Å². The van der Waals surface area contributed by atoms with Crippen LogP contribution in [0.5, 0.6) is 0 Å². The van der Waals surface area contributed by atoms with Crippen molar-refractivity contribution in [3.63, 3.8) is 0 Å². The number of rotatable bonds is 5. The van der Waals surface area contributed by atoms with E-state index in [9.17, 15) is 9.59 Å². The lowest BCUT2D eigenvalue weighted by Gasteiger charge is -2.30. The highest BCUT2D eigenvalue weighted by molar-refractivity contribution is 5.97. The van der Waals surface area contributed by atoms with Crippen molar-refractivity contribution in [2.75, 3.05) is 33.4 Å². The lowest BCUT2D eigenvalue weighted by atomic mass is 9.98. The number of hydrogen-bond donors (Lipinski definition) is 1. The highest BCUT2D eigenvalue weighted by Crippen LogP contribution is 2.24. The fourth-order valence-corrected chi connectivity index (χ4v) is 3.59. The number of ether oxygens (including phenoxy) is 1. The van der Waals surface area contributed by atoms with Gasteiger partial charge in [0.05, 0.1) is 12.3 Å². The zero-order valence-corrected chi connectivity index (χ0v) is 15.2. The molecule has 138 valence electrons. The Morgan fingerprint density at radius 1 is 1.24 bits per heavy atom. The summed E-state index contributed by atoms with van der Waals surface area (Å²) in [5.41, 5.74) is 1.40. The molecule has 1 saturated heterocycles. The number of carbonyl (C=O) groups excluding carboxylic acids is 2. The largest absolute Gasteiger partial charge is 0.383 e. The van der Waals surface area contributed by atoms with Gasteiger partial charge in [-0.25, -0.2) is 4.98 Å². The van der Waals surface area contributed by atoms with Gasteiger partial charge in [0.15, 0.2) is 5.82 Å². The molecule has 1 fully saturated rings. The summed E-state index contributed by atoms with van der Waals surface area (Å²) in [7, 11) is 1.60. The summed E-state index contributed by atoms with van der Waals surface area (Å²) in [5, 5.41) is 2.82. The summed E-state index contributed by atoms with van der Waals surface area (Å²) in [6.07, 6.45) is 4.92. The third-order valence-electron chi connectivity index (χ3n) is 5.19. The maximum atomic E-state index is 13.0. The van der Waals surface area contributed by atoms with Crippen LogP contribution in [0.15, 0.2) is 0 Å². The Balaban J connectivity index is 1.82. The second-order valence-electron chi connectivity index (χ2n) is 7.06. The first-order valence-electron chi connectivity index (χ1n) is 9.27. The van der Waals surface area contributed by atoms with E-state index in [1.807, 2.05) is 9.47 Å². The Morgan fingerprint density at radius 3 is 2.72 bits per heavy atom. The first-order chi connectivity index (χ1) is 12.1. The summed E-state index contributed by atoms with van der Waals surface area (Å²) in [4.78, 5) is 31.8. The Labute approximate surface area is 148 Å². The van der Waals surface area contributed by atoms with E-state index in [4.69, 9.17) is 4.74 Å². The molecule has 7 heteroatoms. The van der Waals surface area contributed by atoms with Crippen LogP contribution in [0.4, 0.5) is 0 Å². The summed E-state index contributed by atoms with van der Waals surface area (Å²) in [5.74, 6) is 0.779. The van der Waals surface area contributed by atoms with E-state index in [0.717, 1.165) is 57.4 Å². The molecule has 1 N–H and O–H groups in total. The van der Waals surface area contributed by atoms with Crippen LogP contribution in [-0.4, -0.2) is 59.6 Å². The van der Waals surface area contributed by atoms with Gasteiger partial charge in [0.25, 0.3) is 11.8 Å². The molecule has 25 heavy (non-hydrogen) atoms. The average Bonchev–Trinajstić information content (AvgIpc) is 3.02. The standard InChI is InChI=1S/C18H28N4O3/c1-13-6-10-21(11-7-13)18(24)15-14-5-3-4-9-22(14)16(20-15)17(23)19-8-12-25-2/h13H,3-12H2,1-2H3,(H,19,23). The third kappa shape index (κ3) is 3.86. The van der Waals surface area contributed by atoms with Crippen LogP contribution < -0.4 is 5.32 Å². The second-order valence-corrected chi connectivity index (χ2v) is 7.06. The molecule has 0 spiro atoms. The molecule has 1 aromatic heterocycles. The molecule has 3 heterocycles. The lowest BCUT2D eigenvalue weighted by molar-refractivity contribution is 0.0690. The van der Waals surface area contributed by atoms with Crippen molar-refractivity contribution in [3.05, 3.63) is 17.2 Å². The van der Waals surface area contributed by atoms with E-state index in [1.54, 1.807) is 7.11 Å². The molecule has 2 aliphatic heterocycles. The van der Waals surface area contributed by atoms with E-state index in [0.29, 0.717) is 30.6 Å². The number of carbonyl (C=O) groups is 2. The van der Waals surface area contributed by atoms with Crippen molar-refractivity contribution in [3.8, 4) is 0 Å². The maximum absolute atomic E-state index is 13.0. The van der Waals surface area contributed by atoms with Crippen LogP contribution in [0.1, 0.15) is 59.4 Å². The molecule has 3 rings (SSSR count). The highest BCUT2D eigenvalue weighted by Gasteiger charge is 2.30. The van der Waals surface area contributed by atoms with Gasteiger partial charge < -0.3 is 19.5 Å². The minimum Gasteiger partial charge on any atom is -0.383 e. The summed E-state index contributed by atoms with van der Waals surface area (Å²) >= 11 is 0. The number of piperidine rings is 1. The minimum absolute atomic E-state index is 0.0199. The number of likely N-dealkylation sites (tertiary alicyclic amines) is 1. The number of amides is 2. The van der Waals surface area contributed by atoms with Crippen molar-refractivity contribution >= 4 is 11.8 Å². The van der Waals surface area contributed by atoms with Gasteiger partial charge in [-0.15, -0.1) is 0 Å². The van der Waals surface area contributed by atoms with E-state index in [2.05, 4.69) is 17.2 Å². The Bertz CT molecular complexity index is 633. The number of methoxy groups -OCH3 is 1. The molecule has 2 amide bonds. The quantitative estimate of drug-likeness (QED) is 0.818. The van der Waals surface area contributed by atoms with Gasteiger partial charge in [-0.1, -0.05) is 6.92 Å². The van der Waals surface area contributed by atoms with Gasteiger partial charge in [0, 0.05) is 33.3 Å². The predicted molar refractivity (Wildman–Crippen MR) is 93.7 cm³/mol. The Hall–Kier alpha value is -1.89. The van der Waals surface area contributed by atoms with E-state index < -0.39 is 0 Å². The second kappa shape index (κ2) is 7.99. The van der Waals surface area contributed by atoms with Crippen LogP contribution in [0.3, 0.4) is 0 Å². The molecule has 0 unspecified atom stereocenters. The summed E-state index contributed by atoms with van der Waals surface area (Å²) < 4.78 is 6.91. The van der Waals surface area contributed by atoms with Gasteiger partial charge in [-0.3, -0.25) is 9.59 Å². The van der Waals surface area contributed by atoms with Crippen molar-refractivity contribution in [1.82, 2.24) is 19.8 Å². The van der Waals surface area contributed by atoms with Gasteiger partial charge in [0.1, 0.15) is 5.69 Å². The molecule has 1 aromatic rings. The van der Waals surface area contributed by atoms with E-state index in [-0.39, 0.29) is 11.8 Å². The van der Waals surface area contributed by atoms with Crippen LogP contribution in [-0.2, 0) is 17.7 Å². The van der Waals surface area contributed by atoms with E-state index >= 15 is 0 Å². The van der Waals surface area contributed by atoms with Crippen molar-refractivity contribution in [1.29, 1.82) is 0 Å². The van der Waals surface area contributed by atoms with Crippen molar-refractivity contribution in [2.45, 2.75) is 45.6 Å². The molecule has 0 radical (unpaired) electrons. The molecule has 0 saturated carbocycles. The van der Waals surface area contributed by atoms with Crippen LogP contribution >= 0.6 is 0 Å². The lowest BCUT2D eigenvalue weighted by Crippen LogP contribution is -2.38. The molecule has 0 aromatic carbocycles. The molecular weight excluding hydrogens is 320 g/mol. The highest BCUT2D eigenvalue weighted by atomic mass is 16.5. The predicted octanol–water partition coefficient (Wildman–Crippen LogP) is 1.47. The molecule has 7 nitrogen and oxygen atoms in total. The molecule has 0 bridgehead atoms. The Kier molecular flexibility index (Phi) is 5.73. The molecule has 2 aliphatic rings. The average molecular weight is 348 g/mol. The monoisotopic (exact) mass is 348 g/mol.